The average molecular weight is 460 g/mol. The van der Waals surface area contributed by atoms with Gasteiger partial charge in [0.2, 0.25) is 5.82 Å². The Labute approximate surface area is 185 Å². The Kier molecular flexibility index (Phi) is 5.07. The van der Waals surface area contributed by atoms with Crippen molar-refractivity contribution in [1.82, 2.24) is 10.1 Å². The van der Waals surface area contributed by atoms with Crippen LogP contribution in [0.1, 0.15) is 31.6 Å². The monoisotopic (exact) mass is 459 g/mol. The van der Waals surface area contributed by atoms with E-state index in [-0.39, 0.29) is 29.0 Å². The Morgan fingerprint density at radius 1 is 1.19 bits per heavy atom. The second kappa shape index (κ2) is 7.90. The van der Waals surface area contributed by atoms with E-state index in [1.165, 1.54) is 17.4 Å². The number of aromatic nitrogens is 2. The number of anilines is 1. The first-order valence-electron chi connectivity index (χ1n) is 9.62. The van der Waals surface area contributed by atoms with Gasteiger partial charge in [-0.3, -0.25) is 9.59 Å². The van der Waals surface area contributed by atoms with Gasteiger partial charge in [-0.25, -0.2) is 9.29 Å². The van der Waals surface area contributed by atoms with Gasteiger partial charge in [0.1, 0.15) is 11.6 Å². The van der Waals surface area contributed by atoms with Gasteiger partial charge in [0.05, 0.1) is 15.6 Å². The smallest absolute Gasteiger partial charge is 0.264 e. The zero-order valence-corrected chi connectivity index (χ0v) is 17.6. The van der Waals surface area contributed by atoms with Crippen molar-refractivity contribution < 1.29 is 23.2 Å². The molecular formula is C21H15ClFN3O4S. The lowest BCUT2D eigenvalue weighted by molar-refractivity contribution is -0.120. The number of thiophene rings is 1. The number of rotatable bonds is 5. The van der Waals surface area contributed by atoms with Crippen molar-refractivity contribution in [3.63, 3.8) is 0 Å². The molecule has 0 fully saturated rings. The van der Waals surface area contributed by atoms with Crippen molar-refractivity contribution in [3.8, 4) is 16.5 Å². The van der Waals surface area contributed by atoms with Crippen LogP contribution in [0.25, 0.3) is 10.7 Å². The molecule has 0 radical (unpaired) electrons. The van der Waals surface area contributed by atoms with E-state index in [2.05, 4.69) is 10.1 Å². The van der Waals surface area contributed by atoms with Gasteiger partial charge in [-0.05, 0) is 43.2 Å². The fourth-order valence-corrected chi connectivity index (χ4v) is 4.57. The highest BCUT2D eigenvalue weighted by molar-refractivity contribution is 7.13. The van der Waals surface area contributed by atoms with Crippen molar-refractivity contribution in [2.75, 3.05) is 4.90 Å². The highest BCUT2D eigenvalue weighted by Crippen LogP contribution is 2.39. The summed E-state index contributed by atoms with van der Waals surface area (Å²) in [5, 5.41) is 5.79. The normalized spacial score (nSPS) is 16.3. The molecule has 0 saturated carbocycles. The molecule has 7 nitrogen and oxygen atoms in total. The third-order valence-corrected chi connectivity index (χ3v) is 6.35. The van der Waals surface area contributed by atoms with Crippen molar-refractivity contribution in [1.29, 1.82) is 0 Å². The van der Waals surface area contributed by atoms with Crippen LogP contribution in [0.5, 0.6) is 5.75 Å². The molecule has 3 aromatic rings. The highest BCUT2D eigenvalue weighted by Gasteiger charge is 2.41. The molecule has 0 N–H and O–H groups in total. The summed E-state index contributed by atoms with van der Waals surface area (Å²) in [4.78, 5) is 31.5. The molecule has 0 unspecified atom stereocenters. The van der Waals surface area contributed by atoms with Crippen LogP contribution in [0.2, 0.25) is 5.02 Å². The standard InChI is InChI=1S/C21H15ClFN3O4S/c22-13-8-14(23)15(26-20(27)11-4-1-2-5-12(11)21(26)28)9-16(13)29-10-18-24-19(25-30-18)17-6-3-7-31-17/h3,6-9H,1-2,4-5,10H2. The number of carbonyl (C=O) groups is 2. The number of carbonyl (C=O) groups excluding carboxylic acids is 2. The van der Waals surface area contributed by atoms with Crippen LogP contribution < -0.4 is 9.64 Å². The summed E-state index contributed by atoms with van der Waals surface area (Å²) >= 11 is 7.60. The molecule has 0 atom stereocenters. The van der Waals surface area contributed by atoms with Gasteiger partial charge < -0.3 is 9.26 Å². The minimum atomic E-state index is -0.781. The Morgan fingerprint density at radius 2 is 1.94 bits per heavy atom. The van der Waals surface area contributed by atoms with Crippen LogP contribution in [-0.2, 0) is 16.2 Å². The number of imide groups is 1. The van der Waals surface area contributed by atoms with Gasteiger partial charge in [0.25, 0.3) is 17.7 Å². The van der Waals surface area contributed by atoms with Crippen LogP contribution >= 0.6 is 22.9 Å². The van der Waals surface area contributed by atoms with E-state index in [0.717, 1.165) is 28.7 Å². The molecule has 31 heavy (non-hydrogen) atoms. The summed E-state index contributed by atoms with van der Waals surface area (Å²) in [6.07, 6.45) is 2.72. The Hall–Kier alpha value is -3.04. The zero-order chi connectivity index (χ0) is 21.5. The molecular weight excluding hydrogens is 445 g/mol. The van der Waals surface area contributed by atoms with Crippen LogP contribution in [-0.4, -0.2) is 22.0 Å². The Morgan fingerprint density at radius 3 is 2.61 bits per heavy atom. The minimum absolute atomic E-state index is 0.00365. The zero-order valence-electron chi connectivity index (χ0n) is 16.1. The van der Waals surface area contributed by atoms with E-state index in [1.54, 1.807) is 0 Å². The molecule has 0 spiro atoms. The molecule has 0 saturated heterocycles. The van der Waals surface area contributed by atoms with E-state index in [4.69, 9.17) is 20.9 Å². The number of hydrogen-bond acceptors (Lipinski definition) is 7. The molecule has 3 heterocycles. The molecule has 1 aliphatic carbocycles. The largest absolute Gasteiger partial charge is 0.482 e. The van der Waals surface area contributed by atoms with E-state index in [1.807, 2.05) is 17.5 Å². The second-order valence-electron chi connectivity index (χ2n) is 7.12. The molecule has 1 aliphatic heterocycles. The fourth-order valence-electron chi connectivity index (χ4n) is 3.72. The van der Waals surface area contributed by atoms with Crippen molar-refractivity contribution in [2.45, 2.75) is 32.3 Å². The topological polar surface area (TPSA) is 85.5 Å². The van der Waals surface area contributed by atoms with Crippen molar-refractivity contribution >= 4 is 40.4 Å². The molecule has 10 heteroatoms. The Bertz CT molecular complexity index is 1190. The molecule has 2 aliphatic rings. The van der Waals surface area contributed by atoms with Crippen LogP contribution in [0.15, 0.2) is 45.3 Å². The first-order chi connectivity index (χ1) is 15.0. The summed E-state index contributed by atoms with van der Waals surface area (Å²) in [5.41, 5.74) is 0.758. The summed E-state index contributed by atoms with van der Waals surface area (Å²) < 4.78 is 25.5. The lowest BCUT2D eigenvalue weighted by Crippen LogP contribution is -2.32. The molecule has 1 aromatic carbocycles. The van der Waals surface area contributed by atoms with E-state index >= 15 is 0 Å². The van der Waals surface area contributed by atoms with Crippen LogP contribution in [0.4, 0.5) is 10.1 Å². The van der Waals surface area contributed by atoms with Crippen molar-refractivity contribution in [2.24, 2.45) is 0 Å². The highest BCUT2D eigenvalue weighted by atomic mass is 35.5. The SMILES string of the molecule is O=C1C2=C(CCCC2)C(=O)N1c1cc(OCc2nc(-c3cccs3)no2)c(Cl)cc1F. The summed E-state index contributed by atoms with van der Waals surface area (Å²) in [5.74, 6) is -1.01. The van der Waals surface area contributed by atoms with Gasteiger partial charge in [-0.15, -0.1) is 11.3 Å². The lowest BCUT2D eigenvalue weighted by Gasteiger charge is -2.18. The number of halogens is 2. The van der Waals surface area contributed by atoms with Gasteiger partial charge >= 0.3 is 0 Å². The Balaban J connectivity index is 1.38. The first kappa shape index (κ1) is 19.9. The maximum atomic E-state index is 14.7. The quantitative estimate of drug-likeness (QED) is 0.504. The maximum absolute atomic E-state index is 14.7. The van der Waals surface area contributed by atoms with Crippen LogP contribution in [0.3, 0.4) is 0 Å². The molecule has 158 valence electrons. The third-order valence-electron chi connectivity index (χ3n) is 5.19. The number of benzene rings is 1. The second-order valence-corrected chi connectivity index (χ2v) is 8.48. The van der Waals surface area contributed by atoms with E-state index < -0.39 is 17.6 Å². The first-order valence-corrected chi connectivity index (χ1v) is 10.9. The van der Waals surface area contributed by atoms with Crippen molar-refractivity contribution in [3.05, 3.63) is 57.5 Å². The number of hydrogen-bond donors (Lipinski definition) is 0. The number of amides is 2. The van der Waals surface area contributed by atoms with Gasteiger partial charge in [0.15, 0.2) is 6.61 Å². The summed E-state index contributed by atoms with van der Waals surface area (Å²) in [6, 6.07) is 6.01. The number of nitrogens with zero attached hydrogens (tertiary/aromatic N) is 3. The predicted molar refractivity (Wildman–Crippen MR) is 111 cm³/mol. The minimum Gasteiger partial charge on any atom is -0.482 e. The third kappa shape index (κ3) is 3.53. The van der Waals surface area contributed by atoms with Gasteiger partial charge in [-0.1, -0.05) is 22.8 Å². The fraction of sp³-hybridized carbons (Fsp3) is 0.238. The molecule has 2 amide bonds. The van der Waals surface area contributed by atoms with Gasteiger partial charge in [-0.2, -0.15) is 4.98 Å². The molecule has 0 bridgehead atoms. The average Bonchev–Trinajstić information content (AvgIpc) is 3.50. The summed E-state index contributed by atoms with van der Waals surface area (Å²) in [7, 11) is 0. The predicted octanol–water partition coefficient (Wildman–Crippen LogP) is 4.91. The summed E-state index contributed by atoms with van der Waals surface area (Å²) in [6.45, 7) is -0.111. The van der Waals surface area contributed by atoms with E-state index in [0.29, 0.717) is 29.8 Å². The van der Waals surface area contributed by atoms with E-state index in [9.17, 15) is 14.0 Å². The van der Waals surface area contributed by atoms with Crippen LogP contribution in [0, 0.1) is 5.82 Å². The molecule has 5 rings (SSSR count). The van der Waals surface area contributed by atoms with Gasteiger partial charge in [0, 0.05) is 17.2 Å². The lowest BCUT2D eigenvalue weighted by atomic mass is 9.93. The maximum Gasteiger partial charge on any atom is 0.264 e. The number of ether oxygens (including phenoxy) is 1. The molecule has 2 aromatic heterocycles.